The lowest BCUT2D eigenvalue weighted by molar-refractivity contribution is 1.16. The molecule has 0 aliphatic carbocycles. The lowest BCUT2D eigenvalue weighted by atomic mass is 10.2. The third-order valence-electron chi connectivity index (χ3n) is 1.80. The van der Waals surface area contributed by atoms with Crippen molar-refractivity contribution in [2.24, 2.45) is 0 Å². The summed E-state index contributed by atoms with van der Waals surface area (Å²) in [5.74, 6) is 0.678. The monoisotopic (exact) mass is 288 g/mol. The lowest BCUT2D eigenvalue weighted by Crippen LogP contribution is -1.89. The number of halogens is 2. The van der Waals surface area contributed by atoms with Crippen molar-refractivity contribution in [2.45, 2.75) is 6.92 Å². The van der Waals surface area contributed by atoms with Crippen molar-refractivity contribution in [3.05, 3.63) is 32.1 Å². The number of nitrogens with zero attached hydrogens (tertiary/aromatic N) is 2. The molecule has 0 saturated heterocycles. The molecule has 0 unspecified atom stereocenters. The van der Waals surface area contributed by atoms with Gasteiger partial charge in [0.2, 0.25) is 0 Å². The predicted molar refractivity (Wildman–Crippen MR) is 62.8 cm³/mol. The van der Waals surface area contributed by atoms with Gasteiger partial charge >= 0.3 is 0 Å². The van der Waals surface area contributed by atoms with Gasteiger partial charge in [0.25, 0.3) is 0 Å². The van der Waals surface area contributed by atoms with Crippen LogP contribution >= 0.6 is 38.9 Å². The van der Waals surface area contributed by atoms with Crippen molar-refractivity contribution in [1.29, 1.82) is 0 Å². The van der Waals surface area contributed by atoms with E-state index in [-0.39, 0.29) is 0 Å². The van der Waals surface area contributed by atoms with Gasteiger partial charge in [0, 0.05) is 17.1 Å². The second-order valence-corrected chi connectivity index (χ2v) is 4.76. The third-order valence-corrected chi connectivity index (χ3v) is 3.76. The lowest BCUT2D eigenvalue weighted by Gasteiger charge is -2.00. The summed E-state index contributed by atoms with van der Waals surface area (Å²) in [7, 11) is 0. The van der Waals surface area contributed by atoms with Gasteiger partial charge in [-0.05, 0) is 33.8 Å². The summed E-state index contributed by atoms with van der Waals surface area (Å²) in [5, 5.41) is 4.53. The Morgan fingerprint density at radius 3 is 2.79 bits per heavy atom. The molecule has 0 amide bonds. The van der Waals surface area contributed by atoms with Crippen molar-refractivity contribution < 1.29 is 0 Å². The zero-order chi connectivity index (χ0) is 10.1. The molecule has 5 heteroatoms. The summed E-state index contributed by atoms with van der Waals surface area (Å²) in [6.45, 7) is 2.03. The molecule has 2 aromatic rings. The van der Waals surface area contributed by atoms with Crippen LogP contribution in [0.1, 0.15) is 5.56 Å². The predicted octanol–water partition coefficient (Wildman–Crippen LogP) is 3.93. The van der Waals surface area contributed by atoms with Gasteiger partial charge in [0.05, 0.1) is 4.47 Å². The van der Waals surface area contributed by atoms with E-state index in [4.69, 9.17) is 11.6 Å². The van der Waals surface area contributed by atoms with Crippen molar-refractivity contribution in [3.63, 3.8) is 0 Å². The topological polar surface area (TPSA) is 25.8 Å². The smallest absolute Gasteiger partial charge is 0.162 e. The molecular formula is C9H6BrClN2S. The first kappa shape index (κ1) is 10.1. The molecule has 0 radical (unpaired) electrons. The van der Waals surface area contributed by atoms with Crippen LogP contribution in [0.2, 0.25) is 5.15 Å². The Hall–Kier alpha value is -0.450. The Bertz CT molecular complexity index is 470. The quantitative estimate of drug-likeness (QED) is 0.743. The molecule has 2 aromatic heterocycles. The number of rotatable bonds is 1. The standard InChI is InChI=1S/C9H6BrClN2S/c1-5-3-14-4-6(5)9-12-2-7(10)8(11)13-9/h2-4H,1H3. The highest BCUT2D eigenvalue weighted by molar-refractivity contribution is 9.10. The normalized spacial score (nSPS) is 10.5. The molecule has 2 nitrogen and oxygen atoms in total. The largest absolute Gasteiger partial charge is 0.235 e. The Labute approximate surface area is 99.1 Å². The van der Waals surface area contributed by atoms with E-state index in [0.717, 1.165) is 10.0 Å². The zero-order valence-electron chi connectivity index (χ0n) is 7.29. The number of aromatic nitrogens is 2. The maximum atomic E-state index is 5.89. The van der Waals surface area contributed by atoms with Crippen LogP contribution in [0.4, 0.5) is 0 Å². The minimum Gasteiger partial charge on any atom is -0.235 e. The second-order valence-electron chi connectivity index (χ2n) is 2.80. The van der Waals surface area contributed by atoms with Crippen LogP contribution in [0.25, 0.3) is 11.4 Å². The van der Waals surface area contributed by atoms with Gasteiger partial charge in [-0.15, -0.1) is 0 Å². The molecule has 0 atom stereocenters. The zero-order valence-corrected chi connectivity index (χ0v) is 10.4. The number of aryl methyl sites for hydroxylation is 1. The first-order valence-electron chi connectivity index (χ1n) is 3.89. The summed E-state index contributed by atoms with van der Waals surface area (Å²) in [6, 6.07) is 0. The number of hydrogen-bond acceptors (Lipinski definition) is 3. The molecule has 0 fully saturated rings. The average molecular weight is 290 g/mol. The van der Waals surface area contributed by atoms with E-state index in [2.05, 4.69) is 31.3 Å². The molecule has 0 saturated carbocycles. The minimum atomic E-state index is 0.445. The van der Waals surface area contributed by atoms with Crippen LogP contribution in [0.15, 0.2) is 21.4 Å². The van der Waals surface area contributed by atoms with E-state index in [9.17, 15) is 0 Å². The molecule has 2 rings (SSSR count). The first-order chi connectivity index (χ1) is 6.68. The fourth-order valence-electron chi connectivity index (χ4n) is 1.07. The van der Waals surface area contributed by atoms with E-state index < -0.39 is 0 Å². The van der Waals surface area contributed by atoms with Crippen LogP contribution in [-0.4, -0.2) is 9.97 Å². The fourth-order valence-corrected chi connectivity index (χ4v) is 2.21. The molecule has 0 aliphatic heterocycles. The van der Waals surface area contributed by atoms with E-state index in [1.54, 1.807) is 17.5 Å². The van der Waals surface area contributed by atoms with Crippen LogP contribution in [-0.2, 0) is 0 Å². The van der Waals surface area contributed by atoms with Gasteiger partial charge < -0.3 is 0 Å². The van der Waals surface area contributed by atoms with Gasteiger partial charge in [-0.2, -0.15) is 11.3 Å². The van der Waals surface area contributed by atoms with E-state index in [0.29, 0.717) is 11.0 Å². The molecule has 0 aliphatic rings. The maximum absolute atomic E-state index is 5.89. The summed E-state index contributed by atoms with van der Waals surface area (Å²) in [5.41, 5.74) is 2.22. The molecule has 2 heterocycles. The van der Waals surface area contributed by atoms with Gasteiger partial charge in [-0.1, -0.05) is 11.6 Å². The summed E-state index contributed by atoms with van der Waals surface area (Å²) in [6.07, 6.45) is 1.67. The Balaban J connectivity index is 2.53. The Morgan fingerprint density at radius 2 is 2.21 bits per heavy atom. The van der Waals surface area contributed by atoms with Crippen molar-refractivity contribution in [1.82, 2.24) is 9.97 Å². The molecule has 14 heavy (non-hydrogen) atoms. The maximum Gasteiger partial charge on any atom is 0.162 e. The summed E-state index contributed by atoms with van der Waals surface area (Å²) < 4.78 is 0.718. The molecule has 0 aromatic carbocycles. The average Bonchev–Trinajstić information content (AvgIpc) is 2.57. The molecular weight excluding hydrogens is 284 g/mol. The number of thiophene rings is 1. The Morgan fingerprint density at radius 1 is 1.43 bits per heavy atom. The van der Waals surface area contributed by atoms with Crippen molar-refractivity contribution in [3.8, 4) is 11.4 Å². The molecule has 0 spiro atoms. The van der Waals surface area contributed by atoms with Gasteiger partial charge in [0.1, 0.15) is 5.15 Å². The van der Waals surface area contributed by atoms with Crippen molar-refractivity contribution in [2.75, 3.05) is 0 Å². The summed E-state index contributed by atoms with van der Waals surface area (Å²) in [4.78, 5) is 8.40. The molecule has 0 bridgehead atoms. The number of hydrogen-bond donors (Lipinski definition) is 0. The van der Waals surface area contributed by atoms with Crippen LogP contribution in [0, 0.1) is 6.92 Å². The SMILES string of the molecule is Cc1cscc1-c1ncc(Br)c(Cl)n1. The summed E-state index contributed by atoms with van der Waals surface area (Å²) >= 11 is 10.8. The van der Waals surface area contributed by atoms with Gasteiger partial charge in [-0.3, -0.25) is 0 Å². The minimum absolute atomic E-state index is 0.445. The van der Waals surface area contributed by atoms with Crippen LogP contribution in [0.3, 0.4) is 0 Å². The van der Waals surface area contributed by atoms with Crippen LogP contribution in [0.5, 0.6) is 0 Å². The highest BCUT2D eigenvalue weighted by atomic mass is 79.9. The van der Waals surface area contributed by atoms with E-state index >= 15 is 0 Å². The third kappa shape index (κ3) is 1.82. The van der Waals surface area contributed by atoms with E-state index in [1.165, 1.54) is 5.56 Å². The highest BCUT2D eigenvalue weighted by Crippen LogP contribution is 2.26. The highest BCUT2D eigenvalue weighted by Gasteiger charge is 2.07. The fraction of sp³-hybridized carbons (Fsp3) is 0.111. The van der Waals surface area contributed by atoms with Gasteiger partial charge in [0.15, 0.2) is 5.82 Å². The second kappa shape index (κ2) is 3.96. The van der Waals surface area contributed by atoms with Crippen LogP contribution < -0.4 is 0 Å². The molecule has 0 N–H and O–H groups in total. The van der Waals surface area contributed by atoms with Gasteiger partial charge in [-0.25, -0.2) is 9.97 Å². The first-order valence-corrected chi connectivity index (χ1v) is 6.01. The molecule has 72 valence electrons. The van der Waals surface area contributed by atoms with Crippen molar-refractivity contribution >= 4 is 38.9 Å². The Kier molecular flexibility index (Phi) is 2.85. The van der Waals surface area contributed by atoms with E-state index in [1.807, 2.05) is 12.3 Å².